The lowest BCUT2D eigenvalue weighted by atomic mass is 9.95. The van der Waals surface area contributed by atoms with Gasteiger partial charge in [-0.05, 0) is 37.3 Å². The minimum absolute atomic E-state index is 0.260. The Bertz CT molecular complexity index is 1010. The lowest BCUT2D eigenvalue weighted by Gasteiger charge is -2.14. The van der Waals surface area contributed by atoms with Crippen LogP contribution < -0.4 is 20.5 Å². The summed E-state index contributed by atoms with van der Waals surface area (Å²) in [6.07, 6.45) is 4.36. The Hall–Kier alpha value is -2.80. The van der Waals surface area contributed by atoms with Crippen LogP contribution >= 0.6 is 11.3 Å². The molecule has 0 bridgehead atoms. The predicted octanol–water partition coefficient (Wildman–Crippen LogP) is 4.03. The van der Waals surface area contributed by atoms with Crippen LogP contribution in [0, 0.1) is 0 Å². The first-order chi connectivity index (χ1) is 13.1. The van der Waals surface area contributed by atoms with Crippen LogP contribution in [0.5, 0.6) is 11.5 Å². The van der Waals surface area contributed by atoms with Gasteiger partial charge in [0.15, 0.2) is 0 Å². The van der Waals surface area contributed by atoms with Gasteiger partial charge in [0.1, 0.15) is 21.2 Å². The maximum Gasteiger partial charge on any atom is 0.267 e. The molecule has 6 nitrogen and oxygen atoms in total. The number of carbonyl (C=O) groups is 1. The zero-order valence-corrected chi connectivity index (χ0v) is 16.1. The summed E-state index contributed by atoms with van der Waals surface area (Å²) in [5.41, 5.74) is 9.76. The Labute approximate surface area is 161 Å². The van der Waals surface area contributed by atoms with E-state index in [0.717, 1.165) is 35.2 Å². The van der Waals surface area contributed by atoms with Gasteiger partial charge in [-0.25, -0.2) is 4.98 Å². The molecule has 2 heterocycles. The summed E-state index contributed by atoms with van der Waals surface area (Å²) in [7, 11) is 3.13. The fourth-order valence-electron chi connectivity index (χ4n) is 3.40. The fraction of sp³-hybridized carbons (Fsp3) is 0.300. The first kappa shape index (κ1) is 17.6. The van der Waals surface area contributed by atoms with Gasteiger partial charge < -0.3 is 20.5 Å². The molecule has 0 spiro atoms. The normalized spacial score (nSPS) is 13.3. The van der Waals surface area contributed by atoms with Gasteiger partial charge in [0, 0.05) is 35.0 Å². The van der Waals surface area contributed by atoms with Crippen LogP contribution in [0.1, 0.15) is 33.8 Å². The van der Waals surface area contributed by atoms with E-state index >= 15 is 0 Å². The van der Waals surface area contributed by atoms with Gasteiger partial charge in [0.05, 0.1) is 19.9 Å². The largest absolute Gasteiger partial charge is 0.497 e. The highest BCUT2D eigenvalue weighted by Gasteiger charge is 2.21. The average Bonchev–Trinajstić information content (AvgIpc) is 3.01. The summed E-state index contributed by atoms with van der Waals surface area (Å²) < 4.78 is 10.5. The topological polar surface area (TPSA) is 86.5 Å². The molecule has 1 aromatic carbocycles. The highest BCUT2D eigenvalue weighted by molar-refractivity contribution is 7.21. The number of amides is 1. The summed E-state index contributed by atoms with van der Waals surface area (Å²) in [4.78, 5) is 18.9. The fourth-order valence-corrected chi connectivity index (χ4v) is 4.39. The molecule has 2 aromatic heterocycles. The zero-order chi connectivity index (χ0) is 19.0. The van der Waals surface area contributed by atoms with Gasteiger partial charge >= 0.3 is 0 Å². The summed E-state index contributed by atoms with van der Waals surface area (Å²) in [5.74, 6) is 0.940. The van der Waals surface area contributed by atoms with Crippen LogP contribution in [0.25, 0.3) is 10.2 Å². The van der Waals surface area contributed by atoms with E-state index in [1.165, 1.54) is 23.3 Å². The first-order valence-electron chi connectivity index (χ1n) is 8.84. The Balaban J connectivity index is 1.68. The van der Waals surface area contributed by atoms with Crippen LogP contribution in [-0.2, 0) is 12.8 Å². The van der Waals surface area contributed by atoms with Crippen molar-refractivity contribution in [2.75, 3.05) is 25.3 Å². The van der Waals surface area contributed by atoms with Gasteiger partial charge in [0.25, 0.3) is 5.91 Å². The number of ether oxygens (including phenoxy) is 2. The number of pyridine rings is 1. The Morgan fingerprint density at radius 1 is 1.11 bits per heavy atom. The van der Waals surface area contributed by atoms with Crippen molar-refractivity contribution in [3.63, 3.8) is 0 Å². The third kappa shape index (κ3) is 3.30. The van der Waals surface area contributed by atoms with Crippen LogP contribution in [-0.4, -0.2) is 25.1 Å². The molecular weight excluding hydrogens is 362 g/mol. The number of anilines is 2. The van der Waals surface area contributed by atoms with Gasteiger partial charge in [-0.15, -0.1) is 11.3 Å². The number of nitrogen functional groups attached to an aromatic ring is 1. The van der Waals surface area contributed by atoms with Crippen molar-refractivity contribution < 1.29 is 14.3 Å². The molecule has 1 aliphatic rings. The SMILES string of the molecule is COc1cc(NC(=O)c2sc3nc4c(cc3c2N)CCCC4)cc(OC)c1. The molecule has 0 saturated heterocycles. The number of aryl methyl sites for hydroxylation is 2. The first-order valence-corrected chi connectivity index (χ1v) is 9.66. The number of hydrogen-bond donors (Lipinski definition) is 2. The average molecular weight is 383 g/mol. The number of nitrogens with two attached hydrogens (primary N) is 1. The number of hydrogen-bond acceptors (Lipinski definition) is 6. The van der Waals surface area contributed by atoms with E-state index in [4.69, 9.17) is 20.2 Å². The van der Waals surface area contributed by atoms with Gasteiger partial charge in [-0.2, -0.15) is 0 Å². The molecule has 0 radical (unpaired) electrons. The number of methoxy groups -OCH3 is 2. The second-order valence-corrected chi connectivity index (χ2v) is 7.55. The van der Waals surface area contributed by atoms with E-state index in [1.807, 2.05) is 0 Å². The van der Waals surface area contributed by atoms with E-state index in [-0.39, 0.29) is 5.91 Å². The Kier molecular flexibility index (Phi) is 4.61. The van der Waals surface area contributed by atoms with Crippen molar-refractivity contribution in [3.05, 3.63) is 40.4 Å². The molecule has 1 aliphatic carbocycles. The van der Waals surface area contributed by atoms with Crippen LogP contribution in [0.3, 0.4) is 0 Å². The number of carbonyl (C=O) groups excluding carboxylic acids is 1. The quantitative estimate of drug-likeness (QED) is 0.710. The molecule has 3 N–H and O–H groups in total. The molecular formula is C20H21N3O3S. The van der Waals surface area contributed by atoms with Crippen LogP contribution in [0.4, 0.5) is 11.4 Å². The number of nitrogens with one attached hydrogen (secondary N) is 1. The summed E-state index contributed by atoms with van der Waals surface area (Å²) >= 11 is 1.33. The van der Waals surface area contributed by atoms with Crippen molar-refractivity contribution in [2.24, 2.45) is 0 Å². The van der Waals surface area contributed by atoms with Gasteiger partial charge in [-0.1, -0.05) is 0 Å². The minimum Gasteiger partial charge on any atom is -0.497 e. The molecule has 4 rings (SSSR count). The number of thiophene rings is 1. The molecule has 1 amide bonds. The third-order valence-corrected chi connectivity index (χ3v) is 5.93. The second-order valence-electron chi connectivity index (χ2n) is 6.55. The van der Waals surface area contributed by atoms with E-state index in [0.29, 0.717) is 27.8 Å². The molecule has 0 fully saturated rings. The number of rotatable bonds is 4. The van der Waals surface area contributed by atoms with E-state index < -0.39 is 0 Å². The Morgan fingerprint density at radius 3 is 2.52 bits per heavy atom. The molecule has 140 valence electrons. The van der Waals surface area contributed by atoms with E-state index in [1.54, 1.807) is 32.4 Å². The zero-order valence-electron chi connectivity index (χ0n) is 15.3. The van der Waals surface area contributed by atoms with E-state index in [2.05, 4.69) is 11.4 Å². The molecule has 0 atom stereocenters. The molecule has 0 unspecified atom stereocenters. The minimum atomic E-state index is -0.260. The summed E-state index contributed by atoms with van der Waals surface area (Å²) in [5, 5.41) is 3.75. The second kappa shape index (κ2) is 7.08. The highest BCUT2D eigenvalue weighted by atomic mass is 32.1. The van der Waals surface area contributed by atoms with Crippen molar-refractivity contribution >= 4 is 38.8 Å². The lowest BCUT2D eigenvalue weighted by molar-refractivity contribution is 0.103. The number of fused-ring (bicyclic) bond motifs is 2. The molecule has 7 heteroatoms. The van der Waals surface area contributed by atoms with Crippen molar-refractivity contribution in [1.82, 2.24) is 4.98 Å². The third-order valence-electron chi connectivity index (χ3n) is 4.81. The van der Waals surface area contributed by atoms with E-state index in [9.17, 15) is 4.79 Å². The smallest absolute Gasteiger partial charge is 0.267 e. The summed E-state index contributed by atoms with van der Waals surface area (Å²) in [6.45, 7) is 0. The highest BCUT2D eigenvalue weighted by Crippen LogP contribution is 2.36. The Morgan fingerprint density at radius 2 is 1.81 bits per heavy atom. The number of nitrogens with zero attached hydrogens (tertiary/aromatic N) is 1. The van der Waals surface area contributed by atoms with Gasteiger partial charge in [0.2, 0.25) is 0 Å². The predicted molar refractivity (Wildman–Crippen MR) is 108 cm³/mol. The maximum absolute atomic E-state index is 12.8. The van der Waals surface area contributed by atoms with Crippen molar-refractivity contribution in [3.8, 4) is 11.5 Å². The summed E-state index contributed by atoms with van der Waals surface area (Å²) in [6, 6.07) is 7.33. The molecule has 0 aliphatic heterocycles. The molecule has 0 saturated carbocycles. The lowest BCUT2D eigenvalue weighted by Crippen LogP contribution is -2.12. The molecule has 27 heavy (non-hydrogen) atoms. The monoisotopic (exact) mass is 383 g/mol. The van der Waals surface area contributed by atoms with Crippen LogP contribution in [0.2, 0.25) is 0 Å². The number of benzene rings is 1. The maximum atomic E-state index is 12.8. The van der Waals surface area contributed by atoms with Crippen molar-refractivity contribution in [2.45, 2.75) is 25.7 Å². The molecule has 3 aromatic rings. The van der Waals surface area contributed by atoms with Crippen LogP contribution in [0.15, 0.2) is 24.3 Å². The van der Waals surface area contributed by atoms with Crippen molar-refractivity contribution in [1.29, 1.82) is 0 Å². The van der Waals surface area contributed by atoms with Gasteiger partial charge in [-0.3, -0.25) is 4.79 Å². The standard InChI is InChI=1S/C20H21N3O3S/c1-25-13-8-12(9-14(10-13)26-2)22-19(24)18-17(21)15-7-11-5-3-4-6-16(11)23-20(15)27-18/h7-10H,3-6,21H2,1-2H3,(H,22,24). The number of aromatic nitrogens is 1.